The Labute approximate surface area is 175 Å². The lowest BCUT2D eigenvalue weighted by molar-refractivity contribution is -0.129. The van der Waals surface area contributed by atoms with Gasteiger partial charge in [0.1, 0.15) is 11.9 Å². The molecule has 2 aromatic carbocycles. The van der Waals surface area contributed by atoms with E-state index in [2.05, 4.69) is 20.5 Å². The van der Waals surface area contributed by atoms with Crippen molar-refractivity contribution in [2.24, 2.45) is 5.92 Å². The molecule has 0 bridgehead atoms. The maximum atomic E-state index is 13.0. The zero-order chi connectivity index (χ0) is 21.1. The molecule has 7 nitrogen and oxygen atoms in total. The number of hydrogen-bond donors (Lipinski definition) is 2. The molecule has 0 radical (unpaired) electrons. The van der Waals surface area contributed by atoms with Crippen LogP contribution in [0.25, 0.3) is 0 Å². The first-order valence-corrected chi connectivity index (χ1v) is 10.1. The van der Waals surface area contributed by atoms with Crippen molar-refractivity contribution >= 4 is 11.8 Å². The van der Waals surface area contributed by atoms with Crippen LogP contribution < -0.4 is 5.32 Å². The van der Waals surface area contributed by atoms with E-state index >= 15 is 0 Å². The lowest BCUT2D eigenvalue weighted by Gasteiger charge is -2.20. The molecule has 2 unspecified atom stereocenters. The van der Waals surface area contributed by atoms with E-state index in [9.17, 15) is 9.59 Å². The van der Waals surface area contributed by atoms with Crippen molar-refractivity contribution in [2.45, 2.75) is 32.9 Å². The first-order valence-electron chi connectivity index (χ1n) is 10.1. The van der Waals surface area contributed by atoms with E-state index in [0.29, 0.717) is 24.7 Å². The highest BCUT2D eigenvalue weighted by Gasteiger charge is 2.35. The molecule has 1 aromatic heterocycles. The van der Waals surface area contributed by atoms with Crippen molar-refractivity contribution in [1.29, 1.82) is 0 Å². The summed E-state index contributed by atoms with van der Waals surface area (Å²) in [5.74, 6) is 0.634. The van der Waals surface area contributed by atoms with E-state index in [4.69, 9.17) is 0 Å². The van der Waals surface area contributed by atoms with Gasteiger partial charge in [-0.05, 0) is 25.0 Å². The van der Waals surface area contributed by atoms with Gasteiger partial charge in [0, 0.05) is 19.5 Å². The predicted molar refractivity (Wildman–Crippen MR) is 112 cm³/mol. The van der Waals surface area contributed by atoms with Crippen molar-refractivity contribution < 1.29 is 9.59 Å². The number of benzene rings is 2. The number of nitrogens with zero attached hydrogens (tertiary/aromatic N) is 3. The number of aromatic amines is 1. The van der Waals surface area contributed by atoms with E-state index in [1.165, 1.54) is 5.56 Å². The summed E-state index contributed by atoms with van der Waals surface area (Å²) in [5, 5.41) is 10.1. The first kappa shape index (κ1) is 19.8. The molecule has 7 heteroatoms. The third kappa shape index (κ3) is 4.40. The molecule has 1 saturated heterocycles. The summed E-state index contributed by atoms with van der Waals surface area (Å²) in [6.07, 6.45) is 0.215. The van der Waals surface area contributed by atoms with Crippen molar-refractivity contribution in [3.63, 3.8) is 0 Å². The van der Waals surface area contributed by atoms with Crippen LogP contribution in [0.1, 0.15) is 40.8 Å². The van der Waals surface area contributed by atoms with Gasteiger partial charge in [-0.25, -0.2) is 4.98 Å². The van der Waals surface area contributed by atoms with Crippen LogP contribution in [0, 0.1) is 19.8 Å². The second-order valence-corrected chi connectivity index (χ2v) is 7.79. The maximum Gasteiger partial charge on any atom is 0.226 e. The molecule has 1 aliphatic rings. The van der Waals surface area contributed by atoms with E-state index < -0.39 is 12.0 Å². The van der Waals surface area contributed by atoms with Gasteiger partial charge >= 0.3 is 0 Å². The average molecular weight is 403 g/mol. The average Bonchev–Trinajstić information content (AvgIpc) is 3.34. The van der Waals surface area contributed by atoms with Gasteiger partial charge in [-0.1, -0.05) is 60.2 Å². The summed E-state index contributed by atoms with van der Waals surface area (Å²) in [7, 11) is 0. The van der Waals surface area contributed by atoms with Gasteiger partial charge in [0.2, 0.25) is 11.8 Å². The van der Waals surface area contributed by atoms with Crippen LogP contribution in [0.15, 0.2) is 54.6 Å². The van der Waals surface area contributed by atoms with Crippen LogP contribution in [0.4, 0.5) is 0 Å². The molecule has 2 amide bonds. The number of amides is 2. The number of rotatable bonds is 6. The molecule has 154 valence electrons. The molecule has 2 atom stereocenters. The van der Waals surface area contributed by atoms with E-state index in [-0.39, 0.29) is 18.2 Å². The number of H-pyrrole nitrogens is 1. The normalized spacial score (nSPS) is 17.2. The molecule has 0 spiro atoms. The Hall–Kier alpha value is -3.48. The molecule has 0 saturated carbocycles. The fourth-order valence-electron chi connectivity index (χ4n) is 3.71. The highest BCUT2D eigenvalue weighted by molar-refractivity contribution is 5.89. The number of aryl methyl sites for hydroxylation is 2. The summed E-state index contributed by atoms with van der Waals surface area (Å²) in [5.41, 5.74) is 3.14. The largest absolute Gasteiger partial charge is 0.342 e. The van der Waals surface area contributed by atoms with Gasteiger partial charge in [-0.15, -0.1) is 0 Å². The lowest BCUT2D eigenvalue weighted by atomic mass is 10.0. The number of carbonyl (C=O) groups excluding carboxylic acids is 2. The first-order chi connectivity index (χ1) is 14.5. The van der Waals surface area contributed by atoms with Gasteiger partial charge in [0.05, 0.1) is 5.92 Å². The molecule has 2 heterocycles. The Balaban J connectivity index is 1.46. The van der Waals surface area contributed by atoms with Crippen molar-refractivity contribution in [3.8, 4) is 0 Å². The lowest BCUT2D eigenvalue weighted by Crippen LogP contribution is -2.36. The maximum absolute atomic E-state index is 13.0. The summed E-state index contributed by atoms with van der Waals surface area (Å²) in [4.78, 5) is 31.7. The second kappa shape index (κ2) is 8.49. The highest BCUT2D eigenvalue weighted by atomic mass is 16.2. The zero-order valence-electron chi connectivity index (χ0n) is 17.1. The number of hydrogen-bond acceptors (Lipinski definition) is 4. The molecule has 4 rings (SSSR count). The summed E-state index contributed by atoms with van der Waals surface area (Å²) < 4.78 is 0. The molecule has 30 heavy (non-hydrogen) atoms. The van der Waals surface area contributed by atoms with Crippen molar-refractivity contribution in [2.75, 3.05) is 6.54 Å². The molecular weight excluding hydrogens is 378 g/mol. The fraction of sp³-hybridized carbons (Fsp3) is 0.304. The molecule has 2 N–H and O–H groups in total. The Morgan fingerprint density at radius 1 is 1.17 bits per heavy atom. The zero-order valence-corrected chi connectivity index (χ0v) is 17.1. The van der Waals surface area contributed by atoms with Gasteiger partial charge in [-0.2, -0.15) is 5.10 Å². The quantitative estimate of drug-likeness (QED) is 0.662. The van der Waals surface area contributed by atoms with Gasteiger partial charge in [-0.3, -0.25) is 14.7 Å². The van der Waals surface area contributed by atoms with Crippen molar-refractivity contribution in [1.82, 2.24) is 25.4 Å². The smallest absolute Gasteiger partial charge is 0.226 e. The second-order valence-electron chi connectivity index (χ2n) is 7.79. The molecular formula is C23H25N5O2. The Morgan fingerprint density at radius 3 is 2.57 bits per heavy atom. The van der Waals surface area contributed by atoms with Crippen LogP contribution in [0.3, 0.4) is 0 Å². The van der Waals surface area contributed by atoms with Crippen LogP contribution in [-0.4, -0.2) is 38.4 Å². The molecule has 3 aromatic rings. The molecule has 1 aliphatic heterocycles. The summed E-state index contributed by atoms with van der Waals surface area (Å²) in [6.45, 7) is 4.78. The monoisotopic (exact) mass is 403 g/mol. The van der Waals surface area contributed by atoms with Gasteiger partial charge < -0.3 is 10.2 Å². The molecule has 1 fully saturated rings. The minimum Gasteiger partial charge on any atom is -0.342 e. The van der Waals surface area contributed by atoms with Crippen LogP contribution in [0.5, 0.6) is 0 Å². The third-order valence-corrected chi connectivity index (χ3v) is 5.37. The highest BCUT2D eigenvalue weighted by Crippen LogP contribution is 2.24. The van der Waals surface area contributed by atoms with E-state index in [1.807, 2.05) is 68.4 Å². The Morgan fingerprint density at radius 2 is 1.90 bits per heavy atom. The number of aromatic nitrogens is 3. The standard InChI is InChI=1S/C23H25N5O2/c1-15-8-10-17(11-9-15)13-28-14-19(12-20(28)29)23(30)25-21(18-6-4-3-5-7-18)22-24-16(2)26-27-22/h3-11,19,21H,12-14H2,1-2H3,(H,25,30)(H,24,26,27). The van der Waals surface area contributed by atoms with Gasteiger partial charge in [0.15, 0.2) is 5.82 Å². The topological polar surface area (TPSA) is 91.0 Å². The fourth-order valence-corrected chi connectivity index (χ4v) is 3.71. The van der Waals surface area contributed by atoms with Crippen LogP contribution in [0.2, 0.25) is 0 Å². The SMILES string of the molecule is Cc1ccc(CN2CC(C(=O)NC(c3ccccc3)c3n[nH]c(C)n3)CC2=O)cc1. The van der Waals surface area contributed by atoms with Crippen LogP contribution >= 0.6 is 0 Å². The number of carbonyl (C=O) groups is 2. The minimum atomic E-state index is -0.468. The predicted octanol–water partition coefficient (Wildman–Crippen LogP) is 2.68. The minimum absolute atomic E-state index is 0.000671. The van der Waals surface area contributed by atoms with E-state index in [1.54, 1.807) is 4.90 Å². The summed E-state index contributed by atoms with van der Waals surface area (Å²) in [6, 6.07) is 17.2. The number of nitrogens with one attached hydrogen (secondary N) is 2. The van der Waals surface area contributed by atoms with Crippen LogP contribution in [-0.2, 0) is 16.1 Å². The third-order valence-electron chi connectivity index (χ3n) is 5.37. The Kier molecular flexibility index (Phi) is 5.61. The number of likely N-dealkylation sites (tertiary alicyclic amines) is 1. The van der Waals surface area contributed by atoms with Gasteiger partial charge in [0.25, 0.3) is 0 Å². The Bertz CT molecular complexity index is 1030. The van der Waals surface area contributed by atoms with E-state index in [0.717, 1.165) is 11.1 Å². The van der Waals surface area contributed by atoms with Crippen molar-refractivity contribution in [3.05, 3.63) is 82.9 Å². The summed E-state index contributed by atoms with van der Waals surface area (Å²) >= 11 is 0. The molecule has 0 aliphatic carbocycles.